The summed E-state index contributed by atoms with van der Waals surface area (Å²) in [7, 11) is 5.16. The number of carbonyl (C=O) groups is 1. The maximum atomic E-state index is 11.7. The minimum Gasteiger partial charge on any atom is -0.383 e. The van der Waals surface area contributed by atoms with Crippen LogP contribution in [0.25, 0.3) is 0 Å². The summed E-state index contributed by atoms with van der Waals surface area (Å²) in [5.74, 6) is 1.40. The number of likely N-dealkylation sites (N-methyl/N-ethyl adjacent to an activating group) is 1. The molecule has 24 heavy (non-hydrogen) atoms. The first-order chi connectivity index (χ1) is 10.9. The number of ether oxygens (including phenoxy) is 1. The number of guanidine groups is 1. The highest BCUT2D eigenvalue weighted by Crippen LogP contribution is 2.45. The largest absolute Gasteiger partial charge is 0.383 e. The molecule has 1 aliphatic rings. The number of hydrogen-bond acceptors (Lipinski definition) is 3. The Kier molecular flexibility index (Phi) is 11.6. The van der Waals surface area contributed by atoms with Crippen molar-refractivity contribution in [2.75, 3.05) is 47.4 Å². The van der Waals surface area contributed by atoms with Gasteiger partial charge in [0.15, 0.2) is 5.96 Å². The first-order valence-corrected chi connectivity index (χ1v) is 8.60. The van der Waals surface area contributed by atoms with Gasteiger partial charge in [-0.05, 0) is 30.6 Å². The van der Waals surface area contributed by atoms with Crippen LogP contribution >= 0.6 is 24.0 Å². The van der Waals surface area contributed by atoms with Crippen LogP contribution in [0.4, 0.5) is 0 Å². The van der Waals surface area contributed by atoms with Crippen molar-refractivity contribution in [1.29, 1.82) is 0 Å². The second-order valence-corrected chi connectivity index (χ2v) is 7.18. The van der Waals surface area contributed by atoms with Crippen LogP contribution in [0, 0.1) is 11.3 Å². The van der Waals surface area contributed by atoms with Crippen LogP contribution in [0.1, 0.15) is 39.5 Å². The molecule has 0 atom stereocenters. The van der Waals surface area contributed by atoms with E-state index in [4.69, 9.17) is 4.74 Å². The van der Waals surface area contributed by atoms with Crippen LogP contribution in [0.3, 0.4) is 0 Å². The third kappa shape index (κ3) is 8.50. The van der Waals surface area contributed by atoms with E-state index in [2.05, 4.69) is 29.5 Å². The molecule has 0 heterocycles. The molecule has 7 heteroatoms. The summed E-state index contributed by atoms with van der Waals surface area (Å²) in [6.07, 6.45) is 5.11. The van der Waals surface area contributed by atoms with Gasteiger partial charge >= 0.3 is 0 Å². The number of amides is 1. The van der Waals surface area contributed by atoms with Gasteiger partial charge in [0.05, 0.1) is 6.61 Å². The van der Waals surface area contributed by atoms with E-state index in [0.717, 1.165) is 6.54 Å². The fourth-order valence-electron chi connectivity index (χ4n) is 3.00. The number of rotatable bonds is 9. The summed E-state index contributed by atoms with van der Waals surface area (Å²) in [4.78, 5) is 17.7. The van der Waals surface area contributed by atoms with E-state index in [0.29, 0.717) is 30.4 Å². The van der Waals surface area contributed by atoms with Crippen LogP contribution in [0.15, 0.2) is 4.99 Å². The lowest BCUT2D eigenvalue weighted by molar-refractivity contribution is -0.127. The number of nitrogens with one attached hydrogen (secondary N) is 2. The Morgan fingerprint density at radius 2 is 1.96 bits per heavy atom. The zero-order valence-corrected chi connectivity index (χ0v) is 18.2. The highest BCUT2D eigenvalue weighted by Gasteiger charge is 2.37. The third-order valence-electron chi connectivity index (χ3n) is 4.36. The molecule has 1 fully saturated rings. The van der Waals surface area contributed by atoms with Gasteiger partial charge in [-0.3, -0.25) is 4.79 Å². The van der Waals surface area contributed by atoms with E-state index >= 15 is 0 Å². The predicted octanol–water partition coefficient (Wildman–Crippen LogP) is 2.09. The lowest BCUT2D eigenvalue weighted by Gasteiger charge is -2.43. The molecule has 6 nitrogen and oxygen atoms in total. The summed E-state index contributed by atoms with van der Waals surface area (Å²) in [6.45, 7) is 6.92. The van der Waals surface area contributed by atoms with Gasteiger partial charge in [-0.25, -0.2) is 4.99 Å². The molecule has 1 aliphatic carbocycles. The van der Waals surface area contributed by atoms with Gasteiger partial charge in [0, 0.05) is 34.3 Å². The van der Waals surface area contributed by atoms with Gasteiger partial charge < -0.3 is 20.3 Å². The molecule has 0 radical (unpaired) electrons. The normalized spacial score (nSPS) is 16.2. The first kappa shape index (κ1) is 23.4. The zero-order valence-electron chi connectivity index (χ0n) is 15.9. The molecule has 0 spiro atoms. The average Bonchev–Trinajstić information content (AvgIpc) is 2.45. The van der Waals surface area contributed by atoms with Crippen molar-refractivity contribution in [3.05, 3.63) is 0 Å². The molecule has 1 amide bonds. The maximum Gasteiger partial charge on any atom is 0.243 e. The summed E-state index contributed by atoms with van der Waals surface area (Å²) >= 11 is 0. The van der Waals surface area contributed by atoms with Gasteiger partial charge in [-0.1, -0.05) is 20.3 Å². The van der Waals surface area contributed by atoms with E-state index in [1.165, 1.54) is 25.7 Å². The number of hydrogen-bond donors (Lipinski definition) is 2. The van der Waals surface area contributed by atoms with Crippen molar-refractivity contribution < 1.29 is 9.53 Å². The second kappa shape index (κ2) is 11.9. The monoisotopic (exact) mass is 454 g/mol. The minimum absolute atomic E-state index is 0. The molecule has 0 aromatic heterocycles. The minimum atomic E-state index is -0.00150. The molecular weight excluding hydrogens is 419 g/mol. The molecule has 142 valence electrons. The maximum absolute atomic E-state index is 11.7. The van der Waals surface area contributed by atoms with Crippen molar-refractivity contribution in [2.24, 2.45) is 16.3 Å². The lowest BCUT2D eigenvalue weighted by atomic mass is 9.64. The van der Waals surface area contributed by atoms with E-state index in [1.807, 2.05) is 0 Å². The highest BCUT2D eigenvalue weighted by atomic mass is 127. The standard InChI is InChI=1S/C17H34N4O2.HI/c1-14(2)11-17(7-6-8-17)13-20-16(18-9-10-23-5)19-12-15(22)21(3)4;/h14H,6-13H2,1-5H3,(H2,18,19,20);1H. The summed E-state index contributed by atoms with van der Waals surface area (Å²) in [6, 6.07) is 0. The van der Waals surface area contributed by atoms with Gasteiger partial charge in [0.25, 0.3) is 0 Å². The van der Waals surface area contributed by atoms with Crippen molar-refractivity contribution in [3.63, 3.8) is 0 Å². The van der Waals surface area contributed by atoms with Crippen molar-refractivity contribution in [3.8, 4) is 0 Å². The number of halogens is 1. The average molecular weight is 454 g/mol. The predicted molar refractivity (Wildman–Crippen MR) is 110 cm³/mol. The van der Waals surface area contributed by atoms with E-state index in [9.17, 15) is 4.79 Å². The van der Waals surface area contributed by atoms with Crippen LogP contribution in [0.5, 0.6) is 0 Å². The fourth-order valence-corrected chi connectivity index (χ4v) is 3.00. The molecule has 0 aromatic rings. The molecular formula is C17H35IN4O2. The number of carbonyl (C=O) groups excluding carboxylic acids is 1. The Hall–Kier alpha value is -0.570. The number of aliphatic imine (C=N–C) groups is 1. The molecule has 0 aromatic carbocycles. The quantitative estimate of drug-likeness (QED) is 0.242. The van der Waals surface area contributed by atoms with Crippen molar-refractivity contribution >= 4 is 35.8 Å². The topological polar surface area (TPSA) is 66.0 Å². The van der Waals surface area contributed by atoms with Gasteiger partial charge in [0.1, 0.15) is 6.54 Å². The Labute approximate surface area is 164 Å². The molecule has 0 bridgehead atoms. The van der Waals surface area contributed by atoms with Gasteiger partial charge in [-0.2, -0.15) is 0 Å². The Morgan fingerprint density at radius 3 is 2.42 bits per heavy atom. The highest BCUT2D eigenvalue weighted by molar-refractivity contribution is 14.0. The number of methoxy groups -OCH3 is 1. The van der Waals surface area contributed by atoms with E-state index < -0.39 is 0 Å². The summed E-state index contributed by atoms with van der Waals surface area (Å²) < 4.78 is 5.07. The zero-order chi connectivity index (χ0) is 17.3. The number of nitrogens with zero attached hydrogens (tertiary/aromatic N) is 2. The SMILES string of the molecule is COCCNC(=NCC(=O)N(C)C)NCC1(CC(C)C)CCC1.I. The second-order valence-electron chi connectivity index (χ2n) is 7.18. The van der Waals surface area contributed by atoms with Crippen LogP contribution in [-0.2, 0) is 9.53 Å². The first-order valence-electron chi connectivity index (χ1n) is 8.60. The molecule has 0 aliphatic heterocycles. The van der Waals surface area contributed by atoms with E-state index in [-0.39, 0.29) is 36.4 Å². The Morgan fingerprint density at radius 1 is 1.29 bits per heavy atom. The van der Waals surface area contributed by atoms with Gasteiger partial charge in [0.2, 0.25) is 5.91 Å². The summed E-state index contributed by atoms with van der Waals surface area (Å²) in [5, 5.41) is 6.67. The van der Waals surface area contributed by atoms with Crippen LogP contribution in [-0.4, -0.2) is 64.2 Å². The Bertz CT molecular complexity index is 396. The smallest absolute Gasteiger partial charge is 0.243 e. The fraction of sp³-hybridized carbons (Fsp3) is 0.882. The molecule has 1 saturated carbocycles. The lowest BCUT2D eigenvalue weighted by Crippen LogP contribution is -2.47. The third-order valence-corrected chi connectivity index (χ3v) is 4.36. The van der Waals surface area contributed by atoms with E-state index in [1.54, 1.807) is 26.1 Å². The summed E-state index contributed by atoms with van der Waals surface area (Å²) in [5.41, 5.74) is 0.392. The van der Waals surface area contributed by atoms with Crippen molar-refractivity contribution in [2.45, 2.75) is 39.5 Å². The molecule has 0 unspecified atom stereocenters. The molecule has 2 N–H and O–H groups in total. The molecule has 0 saturated heterocycles. The Balaban J connectivity index is 0.00000529. The van der Waals surface area contributed by atoms with Crippen LogP contribution in [0.2, 0.25) is 0 Å². The van der Waals surface area contributed by atoms with Gasteiger partial charge in [-0.15, -0.1) is 24.0 Å². The van der Waals surface area contributed by atoms with Crippen molar-refractivity contribution in [1.82, 2.24) is 15.5 Å². The van der Waals surface area contributed by atoms with Crippen LogP contribution < -0.4 is 10.6 Å². The molecule has 1 rings (SSSR count).